The molecule has 1 heterocycles. The Bertz CT molecular complexity index is 379. The lowest BCUT2D eigenvalue weighted by atomic mass is 10.0. The molecule has 0 saturated carbocycles. The molecule has 0 bridgehead atoms. The molecule has 2 rings (SSSR count). The molecule has 1 aromatic rings. The molecule has 0 amide bonds. The van der Waals surface area contributed by atoms with Gasteiger partial charge in [0.1, 0.15) is 0 Å². The number of aromatic nitrogens is 1. The Morgan fingerprint density at radius 1 is 1.50 bits per heavy atom. The van der Waals surface area contributed by atoms with Crippen molar-refractivity contribution in [2.24, 2.45) is 7.05 Å². The third-order valence-electron chi connectivity index (χ3n) is 2.60. The van der Waals surface area contributed by atoms with Gasteiger partial charge in [-0.2, -0.15) is 0 Å². The Morgan fingerprint density at radius 2 is 2.29 bits per heavy atom. The zero-order valence-corrected chi connectivity index (χ0v) is 9.25. The van der Waals surface area contributed by atoms with E-state index in [2.05, 4.69) is 49.0 Å². The highest BCUT2D eigenvalue weighted by Crippen LogP contribution is 2.25. The highest BCUT2D eigenvalue weighted by molar-refractivity contribution is 6.22. The van der Waals surface area contributed by atoms with Crippen LogP contribution in [0.2, 0.25) is 0 Å². The topological polar surface area (TPSA) is 4.93 Å². The van der Waals surface area contributed by atoms with E-state index in [9.17, 15) is 0 Å². The molecule has 14 heavy (non-hydrogen) atoms. The average Bonchev–Trinajstić information content (AvgIpc) is 2.49. The molecular weight excluding hydrogens is 194 g/mol. The number of halogens is 1. The summed E-state index contributed by atoms with van der Waals surface area (Å²) in [6.45, 7) is 2.14. The van der Waals surface area contributed by atoms with Crippen LogP contribution in [0.4, 0.5) is 0 Å². The first kappa shape index (κ1) is 9.60. The largest absolute Gasteiger partial charge is 0.350 e. The van der Waals surface area contributed by atoms with E-state index in [0.29, 0.717) is 0 Å². The SMILES string of the molecule is Cc1ccn(C)c1C1=CCC(Cl)C=C1. The molecule has 1 aliphatic carbocycles. The van der Waals surface area contributed by atoms with Gasteiger partial charge in [0.05, 0.1) is 11.1 Å². The second kappa shape index (κ2) is 3.66. The lowest BCUT2D eigenvalue weighted by molar-refractivity contribution is 0.902. The molecule has 0 spiro atoms. The van der Waals surface area contributed by atoms with Crippen LogP contribution in [0, 0.1) is 6.92 Å². The first-order valence-electron chi connectivity index (χ1n) is 4.83. The molecule has 74 valence electrons. The molecule has 1 unspecified atom stereocenters. The molecule has 0 N–H and O–H groups in total. The van der Waals surface area contributed by atoms with Crippen molar-refractivity contribution in [2.75, 3.05) is 0 Å². The summed E-state index contributed by atoms with van der Waals surface area (Å²) in [5.74, 6) is 0. The van der Waals surface area contributed by atoms with Gasteiger partial charge >= 0.3 is 0 Å². The van der Waals surface area contributed by atoms with Gasteiger partial charge < -0.3 is 4.57 Å². The Labute approximate surface area is 89.7 Å². The molecule has 0 radical (unpaired) electrons. The molecule has 1 atom stereocenters. The predicted octanol–water partition coefficient (Wildman–Crippen LogP) is 3.28. The van der Waals surface area contributed by atoms with Crippen LogP contribution >= 0.6 is 11.6 Å². The zero-order valence-electron chi connectivity index (χ0n) is 8.50. The molecule has 1 aromatic heterocycles. The van der Waals surface area contributed by atoms with Crippen molar-refractivity contribution in [2.45, 2.75) is 18.7 Å². The van der Waals surface area contributed by atoms with Crippen LogP contribution in [0.15, 0.2) is 30.5 Å². The van der Waals surface area contributed by atoms with Crippen LogP contribution in [0.1, 0.15) is 17.7 Å². The summed E-state index contributed by atoms with van der Waals surface area (Å²) in [6.07, 6.45) is 9.40. The van der Waals surface area contributed by atoms with Gasteiger partial charge in [-0.25, -0.2) is 0 Å². The summed E-state index contributed by atoms with van der Waals surface area (Å²) >= 11 is 5.98. The van der Waals surface area contributed by atoms with Crippen LogP contribution in [-0.2, 0) is 7.05 Å². The maximum absolute atomic E-state index is 5.98. The van der Waals surface area contributed by atoms with Gasteiger partial charge in [-0.05, 0) is 30.5 Å². The molecule has 1 nitrogen and oxygen atoms in total. The van der Waals surface area contributed by atoms with Gasteiger partial charge in [0.2, 0.25) is 0 Å². The van der Waals surface area contributed by atoms with E-state index >= 15 is 0 Å². The van der Waals surface area contributed by atoms with Crippen molar-refractivity contribution < 1.29 is 0 Å². The average molecular weight is 208 g/mol. The number of aryl methyl sites for hydroxylation is 2. The Kier molecular flexibility index (Phi) is 2.51. The molecule has 0 aliphatic heterocycles. The molecule has 0 saturated heterocycles. The third-order valence-corrected chi connectivity index (χ3v) is 2.92. The lowest BCUT2D eigenvalue weighted by Gasteiger charge is -2.12. The van der Waals surface area contributed by atoms with Crippen LogP contribution < -0.4 is 0 Å². The minimum atomic E-state index is 0.166. The highest BCUT2D eigenvalue weighted by Gasteiger charge is 2.11. The number of alkyl halides is 1. The highest BCUT2D eigenvalue weighted by atomic mass is 35.5. The summed E-state index contributed by atoms with van der Waals surface area (Å²) in [5.41, 5.74) is 3.90. The first-order chi connectivity index (χ1) is 6.68. The molecule has 1 aliphatic rings. The van der Waals surface area contributed by atoms with Crippen molar-refractivity contribution in [3.63, 3.8) is 0 Å². The van der Waals surface area contributed by atoms with E-state index in [4.69, 9.17) is 11.6 Å². The summed E-state index contributed by atoms with van der Waals surface area (Å²) in [4.78, 5) is 0. The van der Waals surface area contributed by atoms with E-state index < -0.39 is 0 Å². The second-order valence-corrected chi connectivity index (χ2v) is 4.29. The van der Waals surface area contributed by atoms with Crippen LogP contribution in [0.3, 0.4) is 0 Å². The Morgan fingerprint density at radius 3 is 2.79 bits per heavy atom. The number of hydrogen-bond acceptors (Lipinski definition) is 0. The van der Waals surface area contributed by atoms with Crippen LogP contribution in [-0.4, -0.2) is 9.94 Å². The maximum atomic E-state index is 5.98. The van der Waals surface area contributed by atoms with E-state index in [1.807, 2.05) is 0 Å². The fourth-order valence-corrected chi connectivity index (χ4v) is 2.02. The second-order valence-electron chi connectivity index (χ2n) is 3.73. The summed E-state index contributed by atoms with van der Waals surface area (Å²) in [6, 6.07) is 2.14. The van der Waals surface area contributed by atoms with Gasteiger partial charge in [0.25, 0.3) is 0 Å². The first-order valence-corrected chi connectivity index (χ1v) is 5.27. The normalized spacial score (nSPS) is 21.1. The van der Waals surface area contributed by atoms with Gasteiger partial charge in [-0.15, -0.1) is 11.6 Å². The monoisotopic (exact) mass is 207 g/mol. The smallest absolute Gasteiger partial charge is 0.0554 e. The van der Waals surface area contributed by atoms with Crippen LogP contribution in [0.5, 0.6) is 0 Å². The fraction of sp³-hybridized carbons (Fsp3) is 0.333. The predicted molar refractivity (Wildman–Crippen MR) is 61.5 cm³/mol. The van der Waals surface area contributed by atoms with Crippen LogP contribution in [0.25, 0.3) is 5.57 Å². The van der Waals surface area contributed by atoms with Gasteiger partial charge in [-0.3, -0.25) is 0 Å². The summed E-state index contributed by atoms with van der Waals surface area (Å²) in [5, 5.41) is 0.166. The molecular formula is C12H14ClN. The van der Waals surface area contributed by atoms with Crippen molar-refractivity contribution >= 4 is 17.2 Å². The van der Waals surface area contributed by atoms with Gasteiger partial charge in [0, 0.05) is 13.2 Å². The van der Waals surface area contributed by atoms with E-state index in [1.54, 1.807) is 0 Å². The molecule has 0 aromatic carbocycles. The summed E-state index contributed by atoms with van der Waals surface area (Å²) in [7, 11) is 2.07. The number of nitrogens with zero attached hydrogens (tertiary/aromatic N) is 1. The number of hydrogen-bond donors (Lipinski definition) is 0. The minimum Gasteiger partial charge on any atom is -0.350 e. The quantitative estimate of drug-likeness (QED) is 0.623. The van der Waals surface area contributed by atoms with Crippen molar-refractivity contribution in [3.05, 3.63) is 41.7 Å². The van der Waals surface area contributed by atoms with Crippen molar-refractivity contribution in [1.82, 2.24) is 4.57 Å². The fourth-order valence-electron chi connectivity index (χ4n) is 1.86. The van der Waals surface area contributed by atoms with Crippen molar-refractivity contribution in [3.8, 4) is 0 Å². The van der Waals surface area contributed by atoms with Crippen molar-refractivity contribution in [1.29, 1.82) is 0 Å². The molecule has 2 heteroatoms. The third kappa shape index (κ3) is 1.64. The van der Waals surface area contributed by atoms with E-state index in [0.717, 1.165) is 6.42 Å². The standard InChI is InChI=1S/C12H14ClN/c1-9-7-8-14(2)12(9)10-3-5-11(13)6-4-10/h3-5,7-8,11H,6H2,1-2H3. The lowest BCUT2D eigenvalue weighted by Crippen LogP contribution is -2.01. The minimum absolute atomic E-state index is 0.166. The zero-order chi connectivity index (χ0) is 10.1. The van der Waals surface area contributed by atoms with E-state index in [-0.39, 0.29) is 5.38 Å². The summed E-state index contributed by atoms with van der Waals surface area (Å²) < 4.78 is 2.15. The Hall–Kier alpha value is -0.950. The Balaban J connectivity index is 2.37. The van der Waals surface area contributed by atoms with Gasteiger partial charge in [0.15, 0.2) is 0 Å². The maximum Gasteiger partial charge on any atom is 0.0554 e. The number of allylic oxidation sites excluding steroid dienone is 4. The van der Waals surface area contributed by atoms with E-state index in [1.165, 1.54) is 16.8 Å². The molecule has 0 fully saturated rings. The number of rotatable bonds is 1. The van der Waals surface area contributed by atoms with Gasteiger partial charge in [-0.1, -0.05) is 18.2 Å².